The van der Waals surface area contributed by atoms with E-state index in [1.54, 1.807) is 14.0 Å². The number of methoxy groups -OCH3 is 3. The van der Waals surface area contributed by atoms with Crippen LogP contribution in [0.4, 0.5) is 9.59 Å². The Balaban J connectivity index is 1.84. The number of Topliss-reactive ketones (excluding diaryl/α,β-unsaturated/α-hetero) is 2. The summed E-state index contributed by atoms with van der Waals surface area (Å²) >= 11 is 0. The van der Waals surface area contributed by atoms with Crippen LogP contribution in [0.1, 0.15) is 172 Å². The van der Waals surface area contributed by atoms with E-state index in [1.165, 1.54) is 19.1 Å². The molecule has 1 saturated carbocycles. The molecule has 18 nitrogen and oxygen atoms in total. The Kier molecular flexibility index (Phi) is 28.1. The minimum absolute atomic E-state index is 0.00885. The van der Waals surface area contributed by atoms with E-state index in [1.807, 2.05) is 26.8 Å². The first-order valence-corrected chi connectivity index (χ1v) is 37.2. The van der Waals surface area contributed by atoms with Crippen molar-refractivity contribution in [2.24, 2.45) is 29.6 Å². The van der Waals surface area contributed by atoms with Gasteiger partial charge in [-0.3, -0.25) is 19.2 Å². The van der Waals surface area contributed by atoms with Crippen molar-refractivity contribution >= 4 is 59.8 Å². The summed E-state index contributed by atoms with van der Waals surface area (Å²) in [5.74, 6) is -7.92. The van der Waals surface area contributed by atoms with Gasteiger partial charge in [-0.05, 0) is 143 Å². The Morgan fingerprint density at radius 2 is 1.36 bits per heavy atom. The zero-order valence-corrected chi connectivity index (χ0v) is 56.8. The monoisotopic (exact) mass is 1220 g/mol. The Morgan fingerprint density at radius 1 is 0.774 bits per heavy atom. The smallest absolute Gasteiger partial charge is 0.407 e. The molecule has 2 saturated heterocycles. The number of ether oxygens (including phenoxy) is 6. The number of nitrogens with one attached hydrogen (secondary N) is 2. The largest absolute Gasteiger partial charge is 0.456 e. The number of hydrogen-bond donors (Lipinski definition) is 3. The number of amides is 3. The molecule has 2 radical (unpaired) electrons. The summed E-state index contributed by atoms with van der Waals surface area (Å²) in [6, 6.07) is -1.17. The topological polar surface area (TPSA) is 224 Å². The quantitative estimate of drug-likeness (QED) is 0.0360. The molecule has 0 aromatic heterocycles. The highest BCUT2D eigenvalue weighted by atomic mass is 28.4. The Labute approximate surface area is 508 Å². The molecule has 84 heavy (non-hydrogen) atoms. The second-order valence-electron chi connectivity index (χ2n) is 28.0. The van der Waals surface area contributed by atoms with Crippen LogP contribution >= 0.6 is 0 Å². The lowest BCUT2D eigenvalue weighted by Crippen LogP contribution is -2.64. The van der Waals surface area contributed by atoms with Crippen molar-refractivity contribution in [3.8, 4) is 0 Å². The number of alkyl carbamates (subject to hydrolysis) is 1. The van der Waals surface area contributed by atoms with Gasteiger partial charge in [0.1, 0.15) is 18.2 Å². The van der Waals surface area contributed by atoms with Gasteiger partial charge >= 0.3 is 12.1 Å². The molecule has 14 atom stereocenters. The Morgan fingerprint density at radius 3 is 1.94 bits per heavy atom. The minimum atomic E-state index is -2.70. The van der Waals surface area contributed by atoms with E-state index in [0.717, 1.165) is 37.7 Å². The van der Waals surface area contributed by atoms with Crippen LogP contribution in [-0.4, -0.2) is 172 Å². The van der Waals surface area contributed by atoms with Crippen LogP contribution < -0.4 is 10.6 Å². The van der Waals surface area contributed by atoms with Crippen molar-refractivity contribution in [3.63, 3.8) is 0 Å². The van der Waals surface area contributed by atoms with E-state index in [4.69, 9.17) is 45.1 Å². The number of carbonyl (C=O) groups is 6. The van der Waals surface area contributed by atoms with Gasteiger partial charge in [0.15, 0.2) is 36.1 Å². The van der Waals surface area contributed by atoms with Gasteiger partial charge in [-0.1, -0.05) is 94.2 Å². The van der Waals surface area contributed by atoms with Gasteiger partial charge in [0.25, 0.3) is 11.7 Å². The lowest BCUT2D eigenvalue weighted by Gasteiger charge is -2.47. The summed E-state index contributed by atoms with van der Waals surface area (Å²) in [4.78, 5) is 85.4. The first-order valence-electron chi connectivity index (χ1n) is 31.4. The normalized spacial score (nSPS) is 31.7. The van der Waals surface area contributed by atoms with Gasteiger partial charge < -0.3 is 57.9 Å². The summed E-state index contributed by atoms with van der Waals surface area (Å²) in [6.07, 6.45) is 7.23. The molecule has 478 valence electrons. The van der Waals surface area contributed by atoms with Crippen molar-refractivity contribution in [2.75, 3.05) is 47.6 Å². The van der Waals surface area contributed by atoms with E-state index in [-0.39, 0.29) is 84.7 Å². The number of aliphatic hydroxyl groups is 1. The number of fused-ring (bicyclic) bond motifs is 3. The maximum atomic E-state index is 15.4. The van der Waals surface area contributed by atoms with E-state index in [0.29, 0.717) is 57.2 Å². The molecule has 3 aliphatic heterocycles. The predicted molar refractivity (Wildman–Crippen MR) is 331 cm³/mol. The number of esters is 1. The van der Waals surface area contributed by atoms with Crippen LogP contribution in [0, 0.1) is 29.6 Å². The fourth-order valence-corrected chi connectivity index (χ4v) is 14.8. The maximum absolute atomic E-state index is 15.4. The fraction of sp³-hybridized carbons (Fsp3) is 0.841. The van der Waals surface area contributed by atoms with E-state index in [2.05, 4.69) is 91.4 Å². The van der Waals surface area contributed by atoms with Crippen molar-refractivity contribution in [3.05, 3.63) is 23.3 Å². The highest BCUT2D eigenvalue weighted by molar-refractivity contribution is 6.74. The molecular formula is C63H110BN3O15Si2. The van der Waals surface area contributed by atoms with Gasteiger partial charge in [-0.25, -0.2) is 9.59 Å². The molecule has 2 bridgehead atoms. The van der Waals surface area contributed by atoms with Gasteiger partial charge in [-0.15, -0.1) is 0 Å². The summed E-state index contributed by atoms with van der Waals surface area (Å²) in [7, 11) is 5.12. The summed E-state index contributed by atoms with van der Waals surface area (Å²) in [5.41, 5.74) is 1.23. The van der Waals surface area contributed by atoms with Crippen LogP contribution in [0.3, 0.4) is 0 Å². The van der Waals surface area contributed by atoms with Crippen LogP contribution in [0.25, 0.3) is 0 Å². The third kappa shape index (κ3) is 20.4. The standard InChI is InChI=1S/C63H110BN3O15Si2/c1-40-33-41(2)35-52(76-13)55-53(77-14)37-43(4)63(74,80-55)56(69)57(70)67-31-24-21-25-47(67)58(71)79-54(42(3)36-45-26-27-49(51(38-45)75-12)81-83(15,16)61(6,7)8)44(5)50(82-84(17,18)62(9,10)11)39-48(68)46(34-40)28-32-78-60(73)66-30-23-20-19-22-29-65-59(64)72/h34,36,40-41,43-45,47,49-55,74H,19-33,35,37-39H2,1-18H3,(H,65,72)(H,66,73)/t40?,41-,43+,44+,45-,47-,49+,50-,51+,52-,53-,54+,55+,63+/m0/s1. The third-order valence-electron chi connectivity index (χ3n) is 19.2. The molecule has 3 N–H and O–H groups in total. The number of ketones is 2. The fourth-order valence-electron chi connectivity index (χ4n) is 12.0. The lowest BCUT2D eigenvalue weighted by molar-refractivity contribution is -0.302. The second kappa shape index (κ2) is 32.3. The van der Waals surface area contributed by atoms with Crippen LogP contribution in [0.5, 0.6) is 0 Å². The number of nitrogens with zero attached hydrogens (tertiary/aromatic N) is 1. The number of cyclic esters (lactones) is 1. The number of unbranched alkanes of at least 4 members (excludes halogenated alkanes) is 3. The minimum Gasteiger partial charge on any atom is -0.456 e. The SMILES string of the molecule is [B]C(=O)NCCCCCCNC(=O)OCCC1=CC(C)C[C@H](C)C[C@H](OC)[C@H]2O[C@@](O)(C(=O)C(=O)N3CCCC[C@H]3C(=O)O[C@H](C(C)=C[C@@H]3CC[C@@H](O[Si](C)(C)C(C)(C)C)[C@H](OC)C3)[C@H](C)[C@@H](O[Si](C)(C)C(C)(C)C)CC1=O)[C@H](C)C[C@@H]2OC. The van der Waals surface area contributed by atoms with Gasteiger partial charge in [0, 0.05) is 65.6 Å². The molecular weight excluding hydrogens is 1110 g/mol. The van der Waals surface area contributed by atoms with Crippen molar-refractivity contribution in [1.29, 1.82) is 0 Å². The summed E-state index contributed by atoms with van der Waals surface area (Å²) < 4.78 is 51.4. The first kappa shape index (κ1) is 73.2. The molecule has 0 aromatic rings. The third-order valence-corrected chi connectivity index (χ3v) is 28.2. The zero-order chi connectivity index (χ0) is 63.1. The number of rotatable bonds is 19. The van der Waals surface area contributed by atoms with Gasteiger partial charge in [-0.2, -0.15) is 0 Å². The summed E-state index contributed by atoms with van der Waals surface area (Å²) in [6.45, 7) is 32.4. The number of allylic oxidation sites excluding steroid dienone is 2. The van der Waals surface area contributed by atoms with Crippen LogP contribution in [-0.2, 0) is 56.5 Å². The zero-order valence-electron chi connectivity index (χ0n) is 54.8. The molecule has 0 aromatic carbocycles. The number of carbonyl (C=O) groups excluding carboxylic acids is 6. The lowest BCUT2D eigenvalue weighted by atomic mass is 9.81. The van der Waals surface area contributed by atoms with Gasteiger partial charge in [0.05, 0.1) is 37.1 Å². The number of hydrogen-bond acceptors (Lipinski definition) is 15. The Hall–Kier alpha value is -3.28. The molecule has 3 amide bonds. The molecule has 1 unspecified atom stereocenters. The first-order chi connectivity index (χ1) is 39.1. The van der Waals surface area contributed by atoms with E-state index < -0.39 is 100 Å². The molecule has 0 spiro atoms. The summed E-state index contributed by atoms with van der Waals surface area (Å²) in [5, 5.41) is 17.5. The molecule has 21 heteroatoms. The molecule has 4 rings (SSSR count). The average molecular weight is 1220 g/mol. The molecule has 1 aliphatic carbocycles. The second-order valence-corrected chi connectivity index (χ2v) is 37.5. The molecule has 3 fully saturated rings. The van der Waals surface area contributed by atoms with Gasteiger partial charge in [0.2, 0.25) is 5.79 Å². The van der Waals surface area contributed by atoms with Crippen molar-refractivity contribution in [1.82, 2.24) is 15.5 Å². The van der Waals surface area contributed by atoms with Crippen molar-refractivity contribution < 1.29 is 71.1 Å². The Bertz CT molecular complexity index is 2250. The predicted octanol–water partition coefficient (Wildman–Crippen LogP) is 10.7. The van der Waals surface area contributed by atoms with E-state index in [9.17, 15) is 24.3 Å². The van der Waals surface area contributed by atoms with E-state index >= 15 is 9.59 Å². The average Bonchev–Trinajstić information content (AvgIpc) is 2.39. The molecule has 3 heterocycles. The van der Waals surface area contributed by atoms with Crippen LogP contribution in [0.15, 0.2) is 23.3 Å². The maximum Gasteiger partial charge on any atom is 0.407 e. The van der Waals surface area contributed by atoms with Crippen molar-refractivity contribution in [2.45, 2.75) is 263 Å². The number of piperidine rings is 1. The molecule has 4 aliphatic rings. The van der Waals surface area contributed by atoms with Crippen LogP contribution in [0.2, 0.25) is 36.3 Å². The highest BCUT2D eigenvalue weighted by Gasteiger charge is 2.57. The highest BCUT2D eigenvalue weighted by Crippen LogP contribution is 2.44.